The van der Waals surface area contributed by atoms with Gasteiger partial charge in [0.25, 0.3) is 5.91 Å². The smallest absolute Gasteiger partial charge is 0.289 e. The highest BCUT2D eigenvalue weighted by molar-refractivity contribution is 7.98. The number of amides is 1. The van der Waals surface area contributed by atoms with E-state index in [1.54, 1.807) is 17.8 Å². The van der Waals surface area contributed by atoms with Crippen molar-refractivity contribution in [2.75, 3.05) is 32.8 Å². The SMILES string of the molecule is O=C(c1ccc(CSc2ccccc2)o1)N1C[C@@H]2[C@H](CO)[C@H]3CNC[C@]2(C1)O3. The van der Waals surface area contributed by atoms with E-state index in [0.29, 0.717) is 24.6 Å². The van der Waals surface area contributed by atoms with Crippen LogP contribution >= 0.6 is 11.8 Å². The third kappa shape index (κ3) is 3.06. The van der Waals surface area contributed by atoms with Gasteiger partial charge < -0.3 is 24.5 Å². The van der Waals surface area contributed by atoms with E-state index in [-0.39, 0.29) is 36.1 Å². The summed E-state index contributed by atoms with van der Waals surface area (Å²) in [5.74, 6) is 2.01. The van der Waals surface area contributed by atoms with Gasteiger partial charge in [-0.3, -0.25) is 4.79 Å². The molecular weight excluding hydrogens is 376 g/mol. The number of thioether (sulfide) groups is 1. The maximum atomic E-state index is 13.0. The van der Waals surface area contributed by atoms with E-state index in [9.17, 15) is 9.90 Å². The van der Waals surface area contributed by atoms with Crippen LogP contribution in [0.3, 0.4) is 0 Å². The first kappa shape index (κ1) is 18.2. The van der Waals surface area contributed by atoms with Crippen LogP contribution in [0.4, 0.5) is 0 Å². The monoisotopic (exact) mass is 400 g/mol. The maximum Gasteiger partial charge on any atom is 0.289 e. The fraction of sp³-hybridized carbons (Fsp3) is 0.476. The standard InChI is InChI=1S/C21H24N2O4S/c24-10-16-17-9-23(13-21(17)12-22-8-19(16)27-21)20(25)18-7-6-14(26-18)11-28-15-4-2-1-3-5-15/h1-7,16-17,19,22,24H,8-13H2/t16-,17+,19+,21+/m0/s1. The third-order valence-electron chi connectivity index (χ3n) is 6.20. The predicted molar refractivity (Wildman–Crippen MR) is 105 cm³/mol. The number of carbonyl (C=O) groups is 1. The van der Waals surface area contributed by atoms with Gasteiger partial charge in [-0.05, 0) is 24.3 Å². The molecule has 3 saturated heterocycles. The molecule has 0 aliphatic carbocycles. The summed E-state index contributed by atoms with van der Waals surface area (Å²) < 4.78 is 12.1. The molecule has 3 fully saturated rings. The second-order valence-electron chi connectivity index (χ2n) is 7.86. The van der Waals surface area contributed by atoms with E-state index in [2.05, 4.69) is 17.4 Å². The largest absolute Gasteiger partial charge is 0.455 e. The van der Waals surface area contributed by atoms with Gasteiger partial charge in [-0.1, -0.05) is 18.2 Å². The van der Waals surface area contributed by atoms with Crippen LogP contribution in [-0.4, -0.2) is 60.4 Å². The molecule has 7 heteroatoms. The number of benzene rings is 1. The zero-order chi connectivity index (χ0) is 19.1. The minimum Gasteiger partial charge on any atom is -0.455 e. The van der Waals surface area contributed by atoms with E-state index < -0.39 is 0 Å². The summed E-state index contributed by atoms with van der Waals surface area (Å²) >= 11 is 1.68. The Morgan fingerprint density at radius 1 is 1.29 bits per heavy atom. The number of likely N-dealkylation sites (tertiary alicyclic amines) is 1. The van der Waals surface area contributed by atoms with Crippen LogP contribution in [0.2, 0.25) is 0 Å². The summed E-state index contributed by atoms with van der Waals surface area (Å²) in [4.78, 5) is 16.0. The summed E-state index contributed by atoms with van der Waals surface area (Å²) in [5.41, 5.74) is -0.370. The highest BCUT2D eigenvalue weighted by atomic mass is 32.2. The minimum absolute atomic E-state index is 0.0474. The average Bonchev–Trinajstić information content (AvgIpc) is 3.38. The lowest BCUT2D eigenvalue weighted by molar-refractivity contribution is -0.0727. The van der Waals surface area contributed by atoms with Crippen molar-refractivity contribution < 1.29 is 19.1 Å². The van der Waals surface area contributed by atoms with Crippen LogP contribution in [0.25, 0.3) is 0 Å². The molecule has 1 aromatic heterocycles. The number of aliphatic hydroxyl groups is 1. The second kappa shape index (κ2) is 7.22. The van der Waals surface area contributed by atoms with E-state index in [1.807, 2.05) is 29.2 Å². The summed E-state index contributed by atoms with van der Waals surface area (Å²) in [6.45, 7) is 2.76. The Bertz CT molecular complexity index is 857. The molecule has 1 spiro atoms. The van der Waals surface area contributed by atoms with Crippen LogP contribution in [0.1, 0.15) is 16.3 Å². The number of morpholine rings is 1. The van der Waals surface area contributed by atoms with Crippen molar-refractivity contribution in [3.63, 3.8) is 0 Å². The number of carbonyl (C=O) groups excluding carboxylic acids is 1. The molecule has 0 unspecified atom stereocenters. The lowest BCUT2D eigenvalue weighted by Gasteiger charge is -2.33. The molecule has 1 aromatic carbocycles. The number of ether oxygens (including phenoxy) is 1. The third-order valence-corrected chi connectivity index (χ3v) is 7.23. The zero-order valence-corrected chi connectivity index (χ0v) is 16.4. The lowest BCUT2D eigenvalue weighted by Crippen LogP contribution is -2.52. The van der Waals surface area contributed by atoms with Gasteiger partial charge in [-0.2, -0.15) is 0 Å². The van der Waals surface area contributed by atoms with Crippen LogP contribution in [0.15, 0.2) is 51.8 Å². The van der Waals surface area contributed by atoms with E-state index in [4.69, 9.17) is 9.15 Å². The molecule has 148 valence electrons. The number of hydrogen-bond acceptors (Lipinski definition) is 6. The van der Waals surface area contributed by atoms with E-state index >= 15 is 0 Å². The topological polar surface area (TPSA) is 74.9 Å². The summed E-state index contributed by atoms with van der Waals surface area (Å²) in [5, 5.41) is 13.2. The van der Waals surface area contributed by atoms with E-state index in [0.717, 1.165) is 18.8 Å². The van der Waals surface area contributed by atoms with Crippen LogP contribution < -0.4 is 5.32 Å². The second-order valence-corrected chi connectivity index (χ2v) is 8.91. The number of aliphatic hydroxyl groups excluding tert-OH is 1. The van der Waals surface area contributed by atoms with Gasteiger partial charge in [-0.25, -0.2) is 0 Å². The van der Waals surface area contributed by atoms with Gasteiger partial charge in [0.2, 0.25) is 0 Å². The Morgan fingerprint density at radius 2 is 2.14 bits per heavy atom. The van der Waals surface area contributed by atoms with Crippen LogP contribution in [0.5, 0.6) is 0 Å². The van der Waals surface area contributed by atoms with Crippen molar-refractivity contribution in [1.82, 2.24) is 10.2 Å². The summed E-state index contributed by atoms with van der Waals surface area (Å²) in [6, 6.07) is 13.8. The maximum absolute atomic E-state index is 13.0. The molecule has 0 radical (unpaired) electrons. The van der Waals surface area contributed by atoms with Gasteiger partial charge in [0.15, 0.2) is 5.76 Å². The first-order valence-electron chi connectivity index (χ1n) is 9.74. The average molecular weight is 401 g/mol. The molecule has 3 aliphatic rings. The van der Waals surface area contributed by atoms with Crippen molar-refractivity contribution in [1.29, 1.82) is 0 Å². The number of furan rings is 1. The van der Waals surface area contributed by atoms with Crippen molar-refractivity contribution in [3.05, 3.63) is 54.0 Å². The molecule has 0 saturated carbocycles. The Balaban J connectivity index is 1.26. The van der Waals surface area contributed by atoms with Gasteiger partial charge in [0.05, 0.1) is 18.4 Å². The van der Waals surface area contributed by atoms with Crippen molar-refractivity contribution in [3.8, 4) is 0 Å². The van der Waals surface area contributed by atoms with Crippen LogP contribution in [-0.2, 0) is 10.5 Å². The van der Waals surface area contributed by atoms with Gasteiger partial charge in [-0.15, -0.1) is 11.8 Å². The fourth-order valence-electron chi connectivity index (χ4n) is 4.85. The van der Waals surface area contributed by atoms with Crippen molar-refractivity contribution in [2.45, 2.75) is 22.4 Å². The Labute approximate surface area is 168 Å². The number of rotatable bonds is 5. The van der Waals surface area contributed by atoms with Crippen molar-refractivity contribution >= 4 is 17.7 Å². The fourth-order valence-corrected chi connectivity index (χ4v) is 5.67. The molecule has 4 heterocycles. The Hall–Kier alpha value is -1.80. The molecule has 2 bridgehead atoms. The number of fused-ring (bicyclic) bond motifs is 1. The van der Waals surface area contributed by atoms with Gasteiger partial charge >= 0.3 is 0 Å². The van der Waals surface area contributed by atoms with Gasteiger partial charge in [0, 0.05) is 43.0 Å². The lowest BCUT2D eigenvalue weighted by atomic mass is 9.83. The highest BCUT2D eigenvalue weighted by Gasteiger charge is 2.61. The molecule has 28 heavy (non-hydrogen) atoms. The summed E-state index contributed by atoms with van der Waals surface area (Å²) in [6.07, 6.45) is 0.0474. The van der Waals surface area contributed by atoms with Crippen molar-refractivity contribution in [2.24, 2.45) is 11.8 Å². The normalized spacial score (nSPS) is 31.2. The first-order chi connectivity index (χ1) is 13.7. The molecule has 5 rings (SSSR count). The number of nitrogens with one attached hydrogen (secondary N) is 1. The number of nitrogens with zero attached hydrogens (tertiary/aromatic N) is 1. The molecule has 2 N–H and O–H groups in total. The molecule has 2 aromatic rings. The van der Waals surface area contributed by atoms with Crippen LogP contribution in [0, 0.1) is 11.8 Å². The Morgan fingerprint density at radius 3 is 2.96 bits per heavy atom. The molecule has 4 atom stereocenters. The summed E-state index contributed by atoms with van der Waals surface area (Å²) in [7, 11) is 0. The highest BCUT2D eigenvalue weighted by Crippen LogP contribution is 2.47. The van der Waals surface area contributed by atoms with E-state index in [1.165, 1.54) is 4.90 Å². The molecular formula is C21H24N2O4S. The quantitative estimate of drug-likeness (QED) is 0.748. The zero-order valence-electron chi connectivity index (χ0n) is 15.5. The Kier molecular flexibility index (Phi) is 4.71. The predicted octanol–water partition coefficient (Wildman–Crippen LogP) is 1.99. The molecule has 1 amide bonds. The molecule has 3 aliphatic heterocycles. The first-order valence-corrected chi connectivity index (χ1v) is 10.7. The minimum atomic E-state index is -0.370. The number of hydrogen-bond donors (Lipinski definition) is 2. The van der Waals surface area contributed by atoms with Gasteiger partial charge in [0.1, 0.15) is 11.4 Å². The molecule has 6 nitrogen and oxygen atoms in total.